The van der Waals surface area contributed by atoms with Crippen LogP contribution in [0.25, 0.3) is 55.3 Å². The molecule has 8 aromatic rings. The molecule has 3 heteroatoms. The number of rotatable bonds is 9. The lowest BCUT2D eigenvalue weighted by atomic mass is 9.93. The largest absolute Gasteiger partial charge is 0.455 e. The van der Waals surface area contributed by atoms with Gasteiger partial charge in [-0.25, -0.2) is 0 Å². The summed E-state index contributed by atoms with van der Waals surface area (Å²) >= 11 is 0. The molecule has 0 unspecified atom stereocenters. The van der Waals surface area contributed by atoms with Crippen molar-refractivity contribution < 1.29 is 4.42 Å². The molecule has 0 radical (unpaired) electrons. The number of hydrogen-bond donors (Lipinski definition) is 0. The Bertz CT molecular complexity index is 2360. The molecule has 238 valence electrons. The van der Waals surface area contributed by atoms with E-state index in [-0.39, 0.29) is 0 Å². The molecule has 0 aliphatic heterocycles. The van der Waals surface area contributed by atoms with E-state index in [2.05, 4.69) is 182 Å². The van der Waals surface area contributed by atoms with Gasteiger partial charge in [-0.05, 0) is 76.8 Å². The summed E-state index contributed by atoms with van der Waals surface area (Å²) in [7, 11) is 4.34. The van der Waals surface area contributed by atoms with E-state index in [1.807, 2.05) is 12.1 Å². The van der Waals surface area contributed by atoms with Crippen molar-refractivity contribution in [2.75, 3.05) is 19.0 Å². The zero-order chi connectivity index (χ0) is 33.2. The Kier molecular flexibility index (Phi) is 8.27. The molecule has 1 heterocycles. The predicted molar refractivity (Wildman–Crippen MR) is 206 cm³/mol. The summed E-state index contributed by atoms with van der Waals surface area (Å²) in [6.45, 7) is 1.81. The smallest absolute Gasteiger partial charge is 0.143 e. The van der Waals surface area contributed by atoms with Crippen LogP contribution in [0.15, 0.2) is 174 Å². The van der Waals surface area contributed by atoms with Gasteiger partial charge in [-0.2, -0.15) is 0 Å². The summed E-state index contributed by atoms with van der Waals surface area (Å²) < 4.78 is 6.47. The van der Waals surface area contributed by atoms with Crippen molar-refractivity contribution in [1.82, 2.24) is 4.90 Å². The molecule has 0 aliphatic rings. The first kappa shape index (κ1) is 30.4. The van der Waals surface area contributed by atoms with E-state index in [0.717, 1.165) is 63.1 Å². The number of fused-ring (bicyclic) bond motifs is 3. The lowest BCUT2D eigenvalue weighted by Crippen LogP contribution is -2.17. The highest BCUT2D eigenvalue weighted by atomic mass is 16.3. The number of hydrogen-bond acceptors (Lipinski definition) is 3. The van der Waals surface area contributed by atoms with Crippen molar-refractivity contribution in [2.24, 2.45) is 0 Å². The van der Waals surface area contributed by atoms with Gasteiger partial charge in [0.25, 0.3) is 0 Å². The predicted octanol–water partition coefficient (Wildman–Crippen LogP) is 12.0. The molecule has 0 fully saturated rings. The van der Waals surface area contributed by atoms with Gasteiger partial charge in [0.15, 0.2) is 0 Å². The van der Waals surface area contributed by atoms with Gasteiger partial charge in [-0.3, -0.25) is 4.90 Å². The Morgan fingerprint density at radius 1 is 0.449 bits per heavy atom. The Morgan fingerprint density at radius 2 is 1.06 bits per heavy atom. The average molecular weight is 635 g/mol. The minimum Gasteiger partial charge on any atom is -0.455 e. The number of para-hydroxylation sites is 2. The highest BCUT2D eigenvalue weighted by Crippen LogP contribution is 2.41. The zero-order valence-corrected chi connectivity index (χ0v) is 27.9. The summed E-state index contributed by atoms with van der Waals surface area (Å²) in [6.07, 6.45) is 0. The molecule has 0 aliphatic carbocycles. The first-order chi connectivity index (χ1) is 24.1. The Balaban J connectivity index is 1.17. The Labute approximate surface area is 288 Å². The van der Waals surface area contributed by atoms with E-state index in [1.54, 1.807) is 0 Å². The van der Waals surface area contributed by atoms with Crippen molar-refractivity contribution in [3.8, 4) is 33.4 Å². The minimum absolute atomic E-state index is 0.887. The van der Waals surface area contributed by atoms with Crippen LogP contribution in [0.3, 0.4) is 0 Å². The maximum Gasteiger partial charge on any atom is 0.143 e. The second-order valence-corrected chi connectivity index (χ2v) is 12.8. The van der Waals surface area contributed by atoms with Gasteiger partial charge >= 0.3 is 0 Å². The molecule has 8 rings (SSSR count). The van der Waals surface area contributed by atoms with Gasteiger partial charge in [0, 0.05) is 53.4 Å². The van der Waals surface area contributed by atoms with Crippen LogP contribution in [0.1, 0.15) is 11.1 Å². The van der Waals surface area contributed by atoms with Gasteiger partial charge in [-0.15, -0.1) is 0 Å². The van der Waals surface area contributed by atoms with Crippen molar-refractivity contribution in [3.05, 3.63) is 181 Å². The summed E-state index contributed by atoms with van der Waals surface area (Å²) in [5.74, 6) is 0. The Morgan fingerprint density at radius 3 is 1.86 bits per heavy atom. The van der Waals surface area contributed by atoms with Crippen molar-refractivity contribution in [1.29, 1.82) is 0 Å². The molecule has 0 atom stereocenters. The van der Waals surface area contributed by atoms with Gasteiger partial charge < -0.3 is 9.32 Å². The quantitative estimate of drug-likeness (QED) is 0.157. The fourth-order valence-corrected chi connectivity index (χ4v) is 6.93. The van der Waals surface area contributed by atoms with Crippen LogP contribution in [0.4, 0.5) is 11.4 Å². The maximum absolute atomic E-state index is 6.47. The van der Waals surface area contributed by atoms with E-state index in [1.165, 1.54) is 27.8 Å². The third-order valence-electron chi connectivity index (χ3n) is 9.43. The van der Waals surface area contributed by atoms with Gasteiger partial charge in [0.2, 0.25) is 0 Å². The molecule has 0 spiro atoms. The summed E-state index contributed by atoms with van der Waals surface area (Å²) in [5.41, 5.74) is 13.7. The number of nitrogens with zero attached hydrogens (tertiary/aromatic N) is 2. The van der Waals surface area contributed by atoms with Crippen LogP contribution >= 0.6 is 0 Å². The van der Waals surface area contributed by atoms with Gasteiger partial charge in [0.1, 0.15) is 11.2 Å². The fourth-order valence-electron chi connectivity index (χ4n) is 6.93. The van der Waals surface area contributed by atoms with Crippen molar-refractivity contribution in [3.63, 3.8) is 0 Å². The number of anilines is 2. The van der Waals surface area contributed by atoms with Gasteiger partial charge in [0.05, 0.1) is 0 Å². The highest BCUT2D eigenvalue weighted by molar-refractivity contribution is 6.09. The second kappa shape index (κ2) is 13.3. The van der Waals surface area contributed by atoms with Crippen LogP contribution in [0.2, 0.25) is 0 Å². The summed E-state index contributed by atoms with van der Waals surface area (Å²) in [4.78, 5) is 4.65. The third-order valence-corrected chi connectivity index (χ3v) is 9.43. The first-order valence-corrected chi connectivity index (χ1v) is 16.9. The first-order valence-electron chi connectivity index (χ1n) is 16.9. The Hall–Kier alpha value is -5.90. The van der Waals surface area contributed by atoms with Crippen LogP contribution in [-0.2, 0) is 13.1 Å². The van der Waals surface area contributed by atoms with Crippen LogP contribution in [0.5, 0.6) is 0 Å². The number of furan rings is 1. The van der Waals surface area contributed by atoms with E-state index in [0.29, 0.717) is 0 Å². The molecule has 0 saturated heterocycles. The monoisotopic (exact) mass is 634 g/mol. The second-order valence-electron chi connectivity index (χ2n) is 12.8. The van der Waals surface area contributed by atoms with E-state index < -0.39 is 0 Å². The third kappa shape index (κ3) is 6.25. The molecular weight excluding hydrogens is 597 g/mol. The molecule has 0 amide bonds. The molecule has 0 N–H and O–H groups in total. The topological polar surface area (TPSA) is 19.6 Å². The fraction of sp³-hybridized carbons (Fsp3) is 0.0870. The minimum atomic E-state index is 0.887. The molecule has 1 aromatic heterocycles. The normalized spacial score (nSPS) is 11.4. The van der Waals surface area contributed by atoms with E-state index in [4.69, 9.17) is 4.42 Å². The lowest BCUT2D eigenvalue weighted by Gasteiger charge is -2.25. The molecule has 0 bridgehead atoms. The molecule has 7 aromatic carbocycles. The maximum atomic E-state index is 6.47. The average Bonchev–Trinajstić information content (AvgIpc) is 3.54. The van der Waals surface area contributed by atoms with E-state index in [9.17, 15) is 0 Å². The van der Waals surface area contributed by atoms with Crippen LogP contribution < -0.4 is 4.90 Å². The standard InChI is InChI=1S/C46H38N2O/c1-47(31-33-13-5-3-6-14-33)32-34-23-26-39(27-24-34)48(2)44-28-25-38(40-20-12-21-42-41-19-9-10-22-45(41)49-46(40)42)30-43(44)37-18-11-17-36(29-37)35-15-7-4-8-16-35/h3-30H,31-32H2,1-2H3. The molecular formula is C46H38N2O. The summed E-state index contributed by atoms with van der Waals surface area (Å²) in [5, 5.41) is 2.28. The van der Waals surface area contributed by atoms with Crippen molar-refractivity contribution in [2.45, 2.75) is 13.1 Å². The zero-order valence-electron chi connectivity index (χ0n) is 27.9. The van der Waals surface area contributed by atoms with Gasteiger partial charge in [-0.1, -0.05) is 133 Å². The lowest BCUT2D eigenvalue weighted by molar-refractivity contribution is 0.319. The highest BCUT2D eigenvalue weighted by Gasteiger charge is 2.17. The van der Waals surface area contributed by atoms with Crippen LogP contribution in [0, 0.1) is 0 Å². The van der Waals surface area contributed by atoms with E-state index >= 15 is 0 Å². The molecule has 49 heavy (non-hydrogen) atoms. The van der Waals surface area contributed by atoms with Crippen molar-refractivity contribution >= 4 is 33.3 Å². The molecule has 0 saturated carbocycles. The molecule has 3 nitrogen and oxygen atoms in total. The summed E-state index contributed by atoms with van der Waals surface area (Å²) in [6, 6.07) is 60.6. The van der Waals surface area contributed by atoms with Crippen LogP contribution in [-0.4, -0.2) is 19.0 Å². The number of benzene rings is 7. The SMILES string of the molecule is CN(Cc1ccccc1)Cc1ccc(N(C)c2ccc(-c3cccc4c3oc3ccccc34)cc2-c2cccc(-c3ccccc3)c2)cc1.